The molecule has 0 amide bonds. The standard InChI is InChI=1S/C10H18N2O2S/c1-8(6-13-3)11-4-5-15-10-12-9(2)7-14-10/h7-8,11H,4-6H2,1-3H3. The van der Waals surface area contributed by atoms with E-state index in [-0.39, 0.29) is 0 Å². The van der Waals surface area contributed by atoms with Crippen LogP contribution in [0.1, 0.15) is 12.6 Å². The molecule has 4 nitrogen and oxygen atoms in total. The topological polar surface area (TPSA) is 47.3 Å². The Kier molecular flexibility index (Phi) is 5.75. The van der Waals surface area contributed by atoms with Crippen LogP contribution in [0.4, 0.5) is 0 Å². The maximum Gasteiger partial charge on any atom is 0.255 e. The lowest BCUT2D eigenvalue weighted by atomic mass is 10.4. The highest BCUT2D eigenvalue weighted by molar-refractivity contribution is 7.99. The fourth-order valence-electron chi connectivity index (χ4n) is 1.15. The third-order valence-electron chi connectivity index (χ3n) is 1.84. The molecule has 0 aromatic carbocycles. The average molecular weight is 230 g/mol. The van der Waals surface area contributed by atoms with Gasteiger partial charge < -0.3 is 14.5 Å². The Morgan fingerprint density at radius 1 is 1.67 bits per heavy atom. The Hall–Kier alpha value is -0.520. The molecule has 0 saturated heterocycles. The van der Waals surface area contributed by atoms with Crippen LogP contribution in [0, 0.1) is 6.92 Å². The predicted molar refractivity (Wildman–Crippen MR) is 61.3 cm³/mol. The van der Waals surface area contributed by atoms with E-state index < -0.39 is 0 Å². The molecule has 0 aliphatic carbocycles. The zero-order valence-electron chi connectivity index (χ0n) is 9.45. The van der Waals surface area contributed by atoms with E-state index in [1.54, 1.807) is 25.1 Å². The molecular weight excluding hydrogens is 212 g/mol. The maximum atomic E-state index is 5.22. The summed E-state index contributed by atoms with van der Waals surface area (Å²) in [5, 5.41) is 4.09. The van der Waals surface area contributed by atoms with Gasteiger partial charge in [-0.05, 0) is 13.8 Å². The van der Waals surface area contributed by atoms with Gasteiger partial charge in [-0.2, -0.15) is 0 Å². The molecule has 0 aliphatic rings. The van der Waals surface area contributed by atoms with Gasteiger partial charge in [0.2, 0.25) is 0 Å². The van der Waals surface area contributed by atoms with Crippen molar-refractivity contribution in [3.63, 3.8) is 0 Å². The summed E-state index contributed by atoms with van der Waals surface area (Å²) >= 11 is 1.62. The first-order valence-corrected chi connectivity index (χ1v) is 5.98. The summed E-state index contributed by atoms with van der Waals surface area (Å²) in [6.45, 7) is 5.69. The quantitative estimate of drug-likeness (QED) is 0.570. The summed E-state index contributed by atoms with van der Waals surface area (Å²) in [4.78, 5) is 4.21. The number of hydrogen-bond acceptors (Lipinski definition) is 5. The highest BCUT2D eigenvalue weighted by atomic mass is 32.2. The first-order chi connectivity index (χ1) is 7.22. The number of ether oxygens (including phenoxy) is 1. The van der Waals surface area contributed by atoms with Crippen LogP contribution >= 0.6 is 11.8 Å². The van der Waals surface area contributed by atoms with Gasteiger partial charge in [0.15, 0.2) is 0 Å². The van der Waals surface area contributed by atoms with Crippen LogP contribution in [-0.4, -0.2) is 37.0 Å². The number of rotatable bonds is 7. The summed E-state index contributed by atoms with van der Waals surface area (Å²) in [6.07, 6.45) is 1.67. The minimum atomic E-state index is 0.391. The van der Waals surface area contributed by atoms with Crippen molar-refractivity contribution in [1.29, 1.82) is 0 Å². The normalized spacial score (nSPS) is 13.0. The monoisotopic (exact) mass is 230 g/mol. The van der Waals surface area contributed by atoms with E-state index in [4.69, 9.17) is 9.15 Å². The molecule has 1 atom stereocenters. The van der Waals surface area contributed by atoms with E-state index in [0.29, 0.717) is 6.04 Å². The first-order valence-electron chi connectivity index (χ1n) is 4.99. The SMILES string of the molecule is COCC(C)NCCSc1nc(C)co1. The van der Waals surface area contributed by atoms with Gasteiger partial charge >= 0.3 is 0 Å². The lowest BCUT2D eigenvalue weighted by molar-refractivity contribution is 0.173. The number of thioether (sulfide) groups is 1. The second-order valence-corrected chi connectivity index (χ2v) is 4.46. The smallest absolute Gasteiger partial charge is 0.255 e. The van der Waals surface area contributed by atoms with Gasteiger partial charge in [0, 0.05) is 25.4 Å². The van der Waals surface area contributed by atoms with E-state index in [0.717, 1.165) is 29.8 Å². The van der Waals surface area contributed by atoms with Gasteiger partial charge in [-0.15, -0.1) is 0 Å². The first kappa shape index (κ1) is 12.5. The van der Waals surface area contributed by atoms with Crippen LogP contribution in [0.15, 0.2) is 15.9 Å². The van der Waals surface area contributed by atoms with Crippen molar-refractivity contribution in [3.8, 4) is 0 Å². The number of oxazole rings is 1. The summed E-state index contributed by atoms with van der Waals surface area (Å²) in [7, 11) is 1.71. The third kappa shape index (κ3) is 5.20. The van der Waals surface area contributed by atoms with Crippen molar-refractivity contribution in [1.82, 2.24) is 10.3 Å². The van der Waals surface area contributed by atoms with Gasteiger partial charge in [0.1, 0.15) is 6.26 Å². The Morgan fingerprint density at radius 2 is 2.47 bits per heavy atom. The highest BCUT2D eigenvalue weighted by Crippen LogP contribution is 2.15. The van der Waals surface area contributed by atoms with Crippen molar-refractivity contribution >= 4 is 11.8 Å². The number of hydrogen-bond donors (Lipinski definition) is 1. The molecule has 0 fully saturated rings. The molecule has 0 saturated carbocycles. The molecule has 1 rings (SSSR count). The largest absolute Gasteiger partial charge is 0.440 e. The molecule has 1 N–H and O–H groups in total. The molecule has 0 aliphatic heterocycles. The fourth-order valence-corrected chi connectivity index (χ4v) is 1.87. The van der Waals surface area contributed by atoms with Crippen LogP contribution in [0.5, 0.6) is 0 Å². The molecular formula is C10H18N2O2S. The van der Waals surface area contributed by atoms with Crippen LogP contribution in [0.2, 0.25) is 0 Å². The van der Waals surface area contributed by atoms with E-state index in [2.05, 4.69) is 17.2 Å². The van der Waals surface area contributed by atoms with Crippen LogP contribution in [0.25, 0.3) is 0 Å². The summed E-state index contributed by atoms with van der Waals surface area (Å²) < 4.78 is 10.2. The Bertz CT molecular complexity index is 278. The van der Waals surface area contributed by atoms with Gasteiger partial charge in [-0.3, -0.25) is 0 Å². The zero-order valence-corrected chi connectivity index (χ0v) is 10.3. The van der Waals surface area contributed by atoms with Crippen LogP contribution < -0.4 is 5.32 Å². The molecule has 0 radical (unpaired) electrons. The summed E-state index contributed by atoms with van der Waals surface area (Å²) in [5.41, 5.74) is 0.929. The average Bonchev–Trinajstić information content (AvgIpc) is 2.60. The van der Waals surface area contributed by atoms with Gasteiger partial charge in [-0.25, -0.2) is 4.98 Å². The van der Waals surface area contributed by atoms with E-state index in [1.807, 2.05) is 6.92 Å². The van der Waals surface area contributed by atoms with E-state index in [9.17, 15) is 0 Å². The lowest BCUT2D eigenvalue weighted by Crippen LogP contribution is -2.31. The molecule has 15 heavy (non-hydrogen) atoms. The van der Waals surface area contributed by atoms with E-state index >= 15 is 0 Å². The van der Waals surface area contributed by atoms with Gasteiger partial charge in [0.25, 0.3) is 5.22 Å². The summed E-state index contributed by atoms with van der Waals surface area (Å²) in [6, 6.07) is 0.391. The molecule has 1 aromatic heterocycles. The van der Waals surface area contributed by atoms with E-state index in [1.165, 1.54) is 0 Å². The lowest BCUT2D eigenvalue weighted by Gasteiger charge is -2.11. The minimum Gasteiger partial charge on any atom is -0.440 e. The second kappa shape index (κ2) is 6.87. The third-order valence-corrected chi connectivity index (χ3v) is 2.68. The molecule has 5 heteroatoms. The van der Waals surface area contributed by atoms with Crippen molar-refractivity contribution in [2.75, 3.05) is 26.0 Å². The molecule has 0 spiro atoms. The molecule has 0 bridgehead atoms. The maximum absolute atomic E-state index is 5.22. The molecule has 1 aromatic rings. The number of aromatic nitrogens is 1. The number of methoxy groups -OCH3 is 1. The van der Waals surface area contributed by atoms with Crippen molar-refractivity contribution < 1.29 is 9.15 Å². The fraction of sp³-hybridized carbons (Fsp3) is 0.700. The van der Waals surface area contributed by atoms with Crippen LogP contribution in [-0.2, 0) is 4.74 Å². The number of nitrogens with one attached hydrogen (secondary N) is 1. The molecule has 1 heterocycles. The second-order valence-electron chi connectivity index (χ2n) is 3.41. The Labute approximate surface area is 94.8 Å². The van der Waals surface area contributed by atoms with Crippen molar-refractivity contribution in [2.24, 2.45) is 0 Å². The van der Waals surface area contributed by atoms with Gasteiger partial charge in [-0.1, -0.05) is 11.8 Å². The number of nitrogens with zero attached hydrogens (tertiary/aromatic N) is 1. The zero-order chi connectivity index (χ0) is 11.1. The molecule has 86 valence electrons. The minimum absolute atomic E-state index is 0.391. The predicted octanol–water partition coefficient (Wildman–Crippen LogP) is 1.70. The number of aryl methyl sites for hydroxylation is 1. The van der Waals surface area contributed by atoms with Crippen LogP contribution in [0.3, 0.4) is 0 Å². The highest BCUT2D eigenvalue weighted by Gasteiger charge is 2.02. The Morgan fingerprint density at radius 3 is 3.07 bits per heavy atom. The van der Waals surface area contributed by atoms with Gasteiger partial charge in [0.05, 0.1) is 12.3 Å². The molecule has 1 unspecified atom stereocenters. The van der Waals surface area contributed by atoms with Crippen molar-refractivity contribution in [3.05, 3.63) is 12.0 Å². The Balaban J connectivity index is 2.06. The summed E-state index contributed by atoms with van der Waals surface area (Å²) in [5.74, 6) is 0.952. The van der Waals surface area contributed by atoms with Crippen molar-refractivity contribution in [2.45, 2.75) is 25.1 Å².